The van der Waals surface area contributed by atoms with Crippen LogP contribution in [0.2, 0.25) is 5.02 Å². The van der Waals surface area contributed by atoms with E-state index in [1.165, 1.54) is 5.56 Å². The number of benzene rings is 1. The number of hydrogen-bond donors (Lipinski definition) is 1. The maximum absolute atomic E-state index is 5.95. The minimum absolute atomic E-state index is 0.151. The Morgan fingerprint density at radius 1 is 1.39 bits per heavy atom. The van der Waals surface area contributed by atoms with E-state index in [0.717, 1.165) is 30.6 Å². The van der Waals surface area contributed by atoms with E-state index in [-0.39, 0.29) is 5.41 Å². The zero-order valence-electron chi connectivity index (χ0n) is 14.3. The van der Waals surface area contributed by atoms with Crippen LogP contribution in [0.4, 0.5) is 0 Å². The van der Waals surface area contributed by atoms with Crippen molar-refractivity contribution in [1.82, 2.24) is 10.2 Å². The van der Waals surface area contributed by atoms with Gasteiger partial charge in [-0.05, 0) is 24.1 Å². The zero-order chi connectivity index (χ0) is 16.6. The zero-order valence-corrected chi connectivity index (χ0v) is 15.1. The van der Waals surface area contributed by atoms with Crippen LogP contribution >= 0.6 is 11.6 Å². The fourth-order valence-corrected chi connectivity index (χ4v) is 4.17. The number of ether oxygens (including phenoxy) is 1. The second-order valence-corrected chi connectivity index (χ2v) is 7.65. The predicted molar refractivity (Wildman–Crippen MR) is 94.8 cm³/mol. The molecule has 1 heterocycles. The van der Waals surface area contributed by atoms with Gasteiger partial charge < -0.3 is 15.0 Å². The van der Waals surface area contributed by atoms with Crippen molar-refractivity contribution in [2.24, 2.45) is 16.3 Å². The lowest BCUT2D eigenvalue weighted by atomic mass is 9.57. The molecule has 0 bridgehead atoms. The third-order valence-corrected chi connectivity index (χ3v) is 5.54. The lowest BCUT2D eigenvalue weighted by Gasteiger charge is -2.55. The van der Waals surface area contributed by atoms with Crippen molar-refractivity contribution in [2.45, 2.75) is 39.0 Å². The van der Waals surface area contributed by atoms with E-state index in [4.69, 9.17) is 16.3 Å². The average Bonchev–Trinajstić information content (AvgIpc) is 2.97. The quantitative estimate of drug-likeness (QED) is 0.681. The van der Waals surface area contributed by atoms with Crippen LogP contribution in [0.1, 0.15) is 25.8 Å². The number of hydrogen-bond acceptors (Lipinski definition) is 2. The largest absolute Gasteiger partial charge is 0.377 e. The van der Waals surface area contributed by atoms with Crippen molar-refractivity contribution in [3.63, 3.8) is 0 Å². The van der Waals surface area contributed by atoms with Crippen LogP contribution in [-0.4, -0.2) is 43.7 Å². The molecule has 3 atom stereocenters. The molecule has 1 saturated carbocycles. The lowest BCUT2D eigenvalue weighted by Crippen LogP contribution is -2.67. The summed E-state index contributed by atoms with van der Waals surface area (Å²) >= 11 is 5.95. The molecular formula is C18H26ClN3O. The Balaban J connectivity index is 1.64. The molecule has 4 nitrogen and oxygen atoms in total. The van der Waals surface area contributed by atoms with Gasteiger partial charge in [-0.25, -0.2) is 0 Å². The SMILES string of the molecule is CN=C(NC1C2CCOC2C1(C)C)N(C)Cc1ccc(Cl)cc1. The monoisotopic (exact) mass is 335 g/mol. The van der Waals surface area contributed by atoms with E-state index in [0.29, 0.717) is 18.1 Å². The molecule has 1 aromatic carbocycles. The van der Waals surface area contributed by atoms with Gasteiger partial charge in [0, 0.05) is 49.6 Å². The highest BCUT2D eigenvalue weighted by atomic mass is 35.5. The van der Waals surface area contributed by atoms with Gasteiger partial charge in [0.2, 0.25) is 0 Å². The summed E-state index contributed by atoms with van der Waals surface area (Å²) in [5.74, 6) is 1.54. The first-order chi connectivity index (χ1) is 10.9. The summed E-state index contributed by atoms with van der Waals surface area (Å²) in [6, 6.07) is 8.38. The Morgan fingerprint density at radius 3 is 2.74 bits per heavy atom. The molecule has 2 fully saturated rings. The molecule has 2 aliphatic rings. The van der Waals surface area contributed by atoms with Crippen LogP contribution in [0.5, 0.6) is 0 Å². The molecule has 1 aromatic rings. The predicted octanol–water partition coefficient (Wildman–Crippen LogP) is 3.16. The van der Waals surface area contributed by atoms with E-state index >= 15 is 0 Å². The van der Waals surface area contributed by atoms with Gasteiger partial charge in [0.1, 0.15) is 0 Å². The molecule has 1 N–H and O–H groups in total. The lowest BCUT2D eigenvalue weighted by molar-refractivity contribution is -0.107. The molecule has 0 spiro atoms. The van der Waals surface area contributed by atoms with Crippen molar-refractivity contribution in [1.29, 1.82) is 0 Å². The van der Waals surface area contributed by atoms with E-state index in [1.54, 1.807) is 0 Å². The normalized spacial score (nSPS) is 28.9. The first kappa shape index (κ1) is 16.6. The molecular weight excluding hydrogens is 310 g/mol. The molecule has 1 saturated heterocycles. The summed E-state index contributed by atoms with van der Waals surface area (Å²) in [5.41, 5.74) is 1.37. The number of rotatable bonds is 3. The van der Waals surface area contributed by atoms with E-state index in [9.17, 15) is 0 Å². The van der Waals surface area contributed by atoms with Crippen LogP contribution in [-0.2, 0) is 11.3 Å². The van der Waals surface area contributed by atoms with E-state index < -0.39 is 0 Å². The van der Waals surface area contributed by atoms with Crippen molar-refractivity contribution in [2.75, 3.05) is 20.7 Å². The van der Waals surface area contributed by atoms with Crippen LogP contribution < -0.4 is 5.32 Å². The Kier molecular flexibility index (Phi) is 4.56. The summed E-state index contributed by atoms with van der Waals surface area (Å²) in [7, 11) is 3.91. The molecule has 23 heavy (non-hydrogen) atoms. The van der Waals surface area contributed by atoms with Gasteiger partial charge in [-0.2, -0.15) is 0 Å². The van der Waals surface area contributed by atoms with Crippen LogP contribution in [0.25, 0.3) is 0 Å². The van der Waals surface area contributed by atoms with Gasteiger partial charge in [-0.3, -0.25) is 4.99 Å². The number of nitrogens with one attached hydrogen (secondary N) is 1. The van der Waals surface area contributed by atoms with Gasteiger partial charge in [0.05, 0.1) is 6.10 Å². The minimum Gasteiger partial charge on any atom is -0.377 e. The van der Waals surface area contributed by atoms with Crippen LogP contribution in [0.3, 0.4) is 0 Å². The highest BCUT2D eigenvalue weighted by Crippen LogP contribution is 2.52. The Bertz CT molecular complexity index is 584. The summed E-state index contributed by atoms with van der Waals surface area (Å²) in [6.45, 7) is 6.25. The molecule has 1 aliphatic carbocycles. The average molecular weight is 336 g/mol. The van der Waals surface area contributed by atoms with Gasteiger partial charge in [-0.15, -0.1) is 0 Å². The maximum atomic E-state index is 5.95. The number of halogens is 1. The minimum atomic E-state index is 0.151. The molecule has 0 aromatic heterocycles. The van der Waals surface area contributed by atoms with Crippen molar-refractivity contribution in [3.05, 3.63) is 34.9 Å². The Labute approximate surface area is 143 Å². The molecule has 126 valence electrons. The Morgan fingerprint density at radius 2 is 2.09 bits per heavy atom. The fraction of sp³-hybridized carbons (Fsp3) is 0.611. The third-order valence-electron chi connectivity index (χ3n) is 5.29. The van der Waals surface area contributed by atoms with E-state index in [2.05, 4.69) is 48.2 Å². The number of aliphatic imine (C=N–C) groups is 1. The summed E-state index contributed by atoms with van der Waals surface area (Å²) in [5, 5.41) is 4.43. The van der Waals surface area contributed by atoms with Gasteiger partial charge in [0.25, 0.3) is 0 Å². The molecule has 3 unspecified atom stereocenters. The summed E-state index contributed by atoms with van der Waals surface area (Å²) in [4.78, 5) is 6.62. The first-order valence-electron chi connectivity index (χ1n) is 8.24. The summed E-state index contributed by atoms with van der Waals surface area (Å²) in [6.07, 6.45) is 1.53. The van der Waals surface area contributed by atoms with Gasteiger partial charge in [-0.1, -0.05) is 37.6 Å². The van der Waals surface area contributed by atoms with Crippen molar-refractivity contribution in [3.8, 4) is 0 Å². The first-order valence-corrected chi connectivity index (χ1v) is 8.62. The topological polar surface area (TPSA) is 36.9 Å². The molecule has 3 rings (SSSR count). The highest BCUT2D eigenvalue weighted by Gasteiger charge is 2.59. The van der Waals surface area contributed by atoms with Crippen LogP contribution in [0.15, 0.2) is 29.3 Å². The smallest absolute Gasteiger partial charge is 0.193 e. The third kappa shape index (κ3) is 3.07. The number of guanidine groups is 1. The second kappa shape index (κ2) is 6.33. The van der Waals surface area contributed by atoms with Crippen LogP contribution in [0, 0.1) is 11.3 Å². The highest BCUT2D eigenvalue weighted by molar-refractivity contribution is 6.30. The maximum Gasteiger partial charge on any atom is 0.193 e. The molecule has 0 amide bonds. The Hall–Kier alpha value is -1.26. The molecule has 1 aliphatic heterocycles. The standard InChI is InChI=1S/C18H26ClN3O/c1-18(2)15(14-9-10-23-16(14)18)21-17(20-3)22(4)11-12-5-7-13(19)8-6-12/h5-8,14-16H,9-11H2,1-4H3,(H,20,21). The fourth-order valence-electron chi connectivity index (χ4n) is 4.04. The van der Waals surface area contributed by atoms with E-state index in [1.807, 2.05) is 19.2 Å². The number of nitrogens with zero attached hydrogens (tertiary/aromatic N) is 2. The van der Waals surface area contributed by atoms with Crippen molar-refractivity contribution >= 4 is 17.6 Å². The van der Waals surface area contributed by atoms with Gasteiger partial charge >= 0.3 is 0 Å². The summed E-state index contributed by atoms with van der Waals surface area (Å²) < 4.78 is 5.87. The number of fused-ring (bicyclic) bond motifs is 1. The molecule has 5 heteroatoms. The van der Waals surface area contributed by atoms with Crippen molar-refractivity contribution < 1.29 is 4.74 Å². The van der Waals surface area contributed by atoms with Gasteiger partial charge in [0.15, 0.2) is 5.96 Å². The molecule has 0 radical (unpaired) electrons. The second-order valence-electron chi connectivity index (χ2n) is 7.22.